The van der Waals surface area contributed by atoms with Crippen molar-refractivity contribution in [2.45, 2.75) is 50.0 Å². The predicted molar refractivity (Wildman–Crippen MR) is 57.7 cm³/mol. The van der Waals surface area contributed by atoms with Crippen molar-refractivity contribution < 1.29 is 22.7 Å². The van der Waals surface area contributed by atoms with Crippen LogP contribution in [0.4, 0.5) is 13.2 Å². The van der Waals surface area contributed by atoms with Crippen LogP contribution in [0.3, 0.4) is 0 Å². The second-order valence-electron chi connectivity index (χ2n) is 4.93. The Morgan fingerprint density at radius 2 is 2.17 bits per heavy atom. The number of hydrogen-bond acceptors (Lipinski definition) is 3. The highest BCUT2D eigenvalue weighted by Crippen LogP contribution is 2.37. The van der Waals surface area contributed by atoms with Crippen molar-refractivity contribution in [1.82, 2.24) is 5.32 Å². The molecule has 7 heteroatoms. The first kappa shape index (κ1) is 13.6. The second kappa shape index (κ2) is 5.05. The number of carbonyl (C=O) groups excluding carboxylic acids is 1. The molecule has 1 aliphatic heterocycles. The zero-order valence-corrected chi connectivity index (χ0v) is 9.87. The van der Waals surface area contributed by atoms with Crippen molar-refractivity contribution in [2.24, 2.45) is 11.7 Å². The van der Waals surface area contributed by atoms with Gasteiger partial charge in [0.1, 0.15) is 0 Å². The lowest BCUT2D eigenvalue weighted by Crippen LogP contribution is -2.72. The topological polar surface area (TPSA) is 64.3 Å². The molecule has 4 atom stereocenters. The maximum absolute atomic E-state index is 12.0. The fourth-order valence-electron chi connectivity index (χ4n) is 2.64. The van der Waals surface area contributed by atoms with Gasteiger partial charge in [0.25, 0.3) is 0 Å². The Labute approximate surface area is 103 Å². The van der Waals surface area contributed by atoms with Gasteiger partial charge in [0.05, 0.1) is 18.6 Å². The molecule has 0 spiro atoms. The summed E-state index contributed by atoms with van der Waals surface area (Å²) in [5.41, 5.74) is 5.89. The fraction of sp³-hybridized carbons (Fsp3) is 0.909. The average Bonchev–Trinajstić information content (AvgIpc) is 2.32. The highest BCUT2D eigenvalue weighted by atomic mass is 19.4. The molecule has 4 unspecified atom stereocenters. The first-order valence-electron chi connectivity index (χ1n) is 6.12. The molecule has 0 radical (unpaired) electrons. The Bertz CT molecular complexity index is 322. The number of alkyl halides is 3. The number of amides is 1. The maximum atomic E-state index is 12.0. The van der Waals surface area contributed by atoms with Gasteiger partial charge >= 0.3 is 6.18 Å². The number of carbonyl (C=O) groups is 1. The SMILES string of the molecule is NC1C2CCCOC2C1NC(=O)CCC(F)(F)F. The second-order valence-corrected chi connectivity index (χ2v) is 4.93. The number of ether oxygens (including phenoxy) is 1. The van der Waals surface area contributed by atoms with E-state index in [9.17, 15) is 18.0 Å². The van der Waals surface area contributed by atoms with Gasteiger partial charge in [-0.15, -0.1) is 0 Å². The molecule has 1 amide bonds. The van der Waals surface area contributed by atoms with Crippen LogP contribution >= 0.6 is 0 Å². The number of halogens is 3. The minimum absolute atomic E-state index is 0.122. The van der Waals surface area contributed by atoms with Crippen LogP contribution in [0.15, 0.2) is 0 Å². The molecule has 4 nitrogen and oxygen atoms in total. The fourth-order valence-corrected chi connectivity index (χ4v) is 2.64. The smallest absolute Gasteiger partial charge is 0.376 e. The Hall–Kier alpha value is -0.820. The van der Waals surface area contributed by atoms with Crippen LogP contribution < -0.4 is 11.1 Å². The molecular formula is C11H17F3N2O2. The van der Waals surface area contributed by atoms with Crippen molar-refractivity contribution in [3.8, 4) is 0 Å². The number of nitrogens with two attached hydrogens (primary N) is 1. The molecule has 1 saturated heterocycles. The summed E-state index contributed by atoms with van der Waals surface area (Å²) in [6, 6.07) is -0.541. The van der Waals surface area contributed by atoms with Crippen LogP contribution in [0.5, 0.6) is 0 Å². The van der Waals surface area contributed by atoms with Crippen molar-refractivity contribution in [3.63, 3.8) is 0 Å². The van der Waals surface area contributed by atoms with Crippen LogP contribution in [0.2, 0.25) is 0 Å². The third-order valence-electron chi connectivity index (χ3n) is 3.64. The molecule has 0 aromatic heterocycles. The van der Waals surface area contributed by atoms with Gasteiger partial charge in [0, 0.05) is 25.0 Å². The van der Waals surface area contributed by atoms with Crippen LogP contribution in [0, 0.1) is 5.92 Å². The summed E-state index contributed by atoms with van der Waals surface area (Å²) in [6.45, 7) is 0.628. The van der Waals surface area contributed by atoms with Crippen LogP contribution in [0.25, 0.3) is 0 Å². The Morgan fingerprint density at radius 3 is 2.83 bits per heavy atom. The van der Waals surface area contributed by atoms with Gasteiger partial charge in [-0.1, -0.05) is 0 Å². The zero-order chi connectivity index (χ0) is 13.3. The molecule has 1 saturated carbocycles. The van der Waals surface area contributed by atoms with Crippen molar-refractivity contribution >= 4 is 5.91 Å². The van der Waals surface area contributed by atoms with Crippen LogP contribution in [-0.4, -0.2) is 36.9 Å². The van der Waals surface area contributed by atoms with Gasteiger partial charge in [-0.3, -0.25) is 4.79 Å². The van der Waals surface area contributed by atoms with Gasteiger partial charge in [-0.25, -0.2) is 0 Å². The van der Waals surface area contributed by atoms with Crippen LogP contribution in [0.1, 0.15) is 25.7 Å². The van der Waals surface area contributed by atoms with Gasteiger partial charge in [-0.05, 0) is 12.8 Å². The zero-order valence-electron chi connectivity index (χ0n) is 9.87. The predicted octanol–water partition coefficient (Wildman–Crippen LogP) is 0.950. The van der Waals surface area contributed by atoms with Gasteiger partial charge < -0.3 is 15.8 Å². The monoisotopic (exact) mass is 266 g/mol. The molecule has 0 aromatic rings. The molecule has 2 aliphatic rings. The van der Waals surface area contributed by atoms with E-state index >= 15 is 0 Å². The van der Waals surface area contributed by atoms with E-state index in [2.05, 4.69) is 5.32 Å². The van der Waals surface area contributed by atoms with Crippen molar-refractivity contribution in [3.05, 3.63) is 0 Å². The summed E-state index contributed by atoms with van der Waals surface area (Å²) >= 11 is 0. The van der Waals surface area contributed by atoms with E-state index in [0.717, 1.165) is 12.8 Å². The quantitative estimate of drug-likeness (QED) is 0.799. The summed E-state index contributed by atoms with van der Waals surface area (Å²) in [5.74, 6) is -0.382. The number of hydrogen-bond donors (Lipinski definition) is 2. The standard InChI is InChI=1S/C11H17F3N2O2/c12-11(13,14)4-3-7(17)16-9-8(15)6-2-1-5-18-10(6)9/h6,8-10H,1-5,15H2,(H,16,17). The Kier molecular flexibility index (Phi) is 3.82. The van der Waals surface area contributed by atoms with Crippen LogP contribution in [-0.2, 0) is 9.53 Å². The van der Waals surface area contributed by atoms with E-state index in [-0.39, 0.29) is 24.1 Å². The molecular weight excluding hydrogens is 249 g/mol. The summed E-state index contributed by atoms with van der Waals surface area (Å²) in [4.78, 5) is 11.4. The van der Waals surface area contributed by atoms with E-state index < -0.39 is 24.9 Å². The highest BCUT2D eigenvalue weighted by molar-refractivity contribution is 5.76. The Balaban J connectivity index is 1.77. The first-order chi connectivity index (χ1) is 8.38. The third-order valence-corrected chi connectivity index (χ3v) is 3.64. The molecule has 104 valence electrons. The third kappa shape index (κ3) is 2.95. The average molecular weight is 266 g/mol. The molecule has 0 aromatic carbocycles. The Morgan fingerprint density at radius 1 is 1.44 bits per heavy atom. The summed E-state index contributed by atoms with van der Waals surface area (Å²) < 4.78 is 41.4. The van der Waals surface area contributed by atoms with E-state index in [0.29, 0.717) is 6.61 Å². The van der Waals surface area contributed by atoms with E-state index in [1.165, 1.54) is 0 Å². The lowest BCUT2D eigenvalue weighted by molar-refractivity contribution is -0.150. The molecule has 1 aliphatic carbocycles. The van der Waals surface area contributed by atoms with Gasteiger partial charge in [-0.2, -0.15) is 13.2 Å². The maximum Gasteiger partial charge on any atom is 0.389 e. The largest absolute Gasteiger partial charge is 0.389 e. The van der Waals surface area contributed by atoms with Crippen molar-refractivity contribution in [2.75, 3.05) is 6.61 Å². The summed E-state index contributed by atoms with van der Waals surface area (Å²) in [5, 5.41) is 2.55. The molecule has 2 rings (SSSR count). The highest BCUT2D eigenvalue weighted by Gasteiger charge is 2.51. The molecule has 3 N–H and O–H groups in total. The minimum atomic E-state index is -4.30. The number of nitrogens with one attached hydrogen (secondary N) is 1. The van der Waals surface area contributed by atoms with Gasteiger partial charge in [0.2, 0.25) is 5.91 Å². The normalized spacial score (nSPS) is 35.6. The minimum Gasteiger partial charge on any atom is -0.376 e. The molecule has 2 fully saturated rings. The number of rotatable bonds is 3. The lowest BCUT2D eigenvalue weighted by atomic mass is 9.68. The molecule has 18 heavy (non-hydrogen) atoms. The van der Waals surface area contributed by atoms with E-state index in [1.54, 1.807) is 0 Å². The number of fused-ring (bicyclic) bond motifs is 1. The molecule has 1 heterocycles. The van der Waals surface area contributed by atoms with E-state index in [4.69, 9.17) is 10.5 Å². The van der Waals surface area contributed by atoms with E-state index in [1.807, 2.05) is 0 Å². The van der Waals surface area contributed by atoms with Crippen molar-refractivity contribution in [1.29, 1.82) is 0 Å². The summed E-state index contributed by atoms with van der Waals surface area (Å²) in [6.07, 6.45) is -4.17. The van der Waals surface area contributed by atoms with Gasteiger partial charge in [0.15, 0.2) is 0 Å². The lowest BCUT2D eigenvalue weighted by Gasteiger charge is -2.52. The first-order valence-corrected chi connectivity index (χ1v) is 6.12. The summed E-state index contributed by atoms with van der Waals surface area (Å²) in [7, 11) is 0. The molecule has 0 bridgehead atoms.